The molecule has 2 aromatic carbocycles. The fraction of sp³-hybridized carbons (Fsp3) is 0.235. The topological polar surface area (TPSA) is 50.4 Å². The highest BCUT2D eigenvalue weighted by Crippen LogP contribution is 2.22. The molecule has 4 nitrogen and oxygen atoms in total. The summed E-state index contributed by atoms with van der Waals surface area (Å²) in [6.07, 6.45) is 0. The second-order valence-electron chi connectivity index (χ2n) is 5.08. The molecule has 6 heteroatoms. The summed E-state index contributed by atoms with van der Waals surface area (Å²) in [6, 6.07) is 9.50. The van der Waals surface area contributed by atoms with Gasteiger partial charge in [0.1, 0.15) is 18.2 Å². The Hall–Kier alpha value is -2.27. The Balaban J connectivity index is 1.78. The maximum absolute atomic E-state index is 13.0. The van der Waals surface area contributed by atoms with E-state index in [2.05, 4.69) is 10.6 Å². The third kappa shape index (κ3) is 4.86. The zero-order valence-corrected chi connectivity index (χ0v) is 13.7. The second-order valence-corrected chi connectivity index (χ2v) is 5.49. The van der Waals surface area contributed by atoms with Crippen molar-refractivity contribution in [3.05, 3.63) is 58.4 Å². The van der Waals surface area contributed by atoms with Gasteiger partial charge in [-0.1, -0.05) is 29.8 Å². The van der Waals surface area contributed by atoms with Crippen LogP contribution in [0.15, 0.2) is 36.4 Å². The number of anilines is 1. The molecule has 0 aliphatic rings. The van der Waals surface area contributed by atoms with Crippen molar-refractivity contribution in [2.75, 3.05) is 18.5 Å². The molecule has 0 atom stereocenters. The van der Waals surface area contributed by atoms with E-state index in [1.165, 1.54) is 18.2 Å². The highest BCUT2D eigenvalue weighted by molar-refractivity contribution is 6.31. The van der Waals surface area contributed by atoms with Crippen LogP contribution in [-0.4, -0.2) is 19.2 Å². The van der Waals surface area contributed by atoms with Crippen LogP contribution in [0.5, 0.6) is 5.75 Å². The smallest absolute Gasteiger partial charge is 0.319 e. The van der Waals surface area contributed by atoms with Crippen LogP contribution in [0.2, 0.25) is 5.02 Å². The van der Waals surface area contributed by atoms with E-state index >= 15 is 0 Å². The van der Waals surface area contributed by atoms with Gasteiger partial charge < -0.3 is 15.4 Å². The summed E-state index contributed by atoms with van der Waals surface area (Å²) in [7, 11) is 0. The van der Waals surface area contributed by atoms with Crippen molar-refractivity contribution in [1.29, 1.82) is 0 Å². The van der Waals surface area contributed by atoms with Gasteiger partial charge in [0, 0.05) is 5.69 Å². The first kappa shape index (κ1) is 17.1. The van der Waals surface area contributed by atoms with Crippen LogP contribution in [0.4, 0.5) is 14.9 Å². The number of aryl methyl sites for hydroxylation is 2. The molecular weight excluding hydrogens is 319 g/mol. The molecule has 2 rings (SSSR count). The fourth-order valence-corrected chi connectivity index (χ4v) is 2.27. The highest BCUT2D eigenvalue weighted by Gasteiger charge is 2.06. The quantitative estimate of drug-likeness (QED) is 0.800. The van der Waals surface area contributed by atoms with Crippen molar-refractivity contribution in [3.8, 4) is 5.75 Å². The number of halogens is 2. The van der Waals surface area contributed by atoms with E-state index in [1.807, 2.05) is 32.0 Å². The lowest BCUT2D eigenvalue weighted by Gasteiger charge is -2.12. The van der Waals surface area contributed by atoms with Crippen molar-refractivity contribution >= 4 is 23.3 Å². The number of rotatable bonds is 5. The Labute approximate surface area is 139 Å². The van der Waals surface area contributed by atoms with Gasteiger partial charge in [0.2, 0.25) is 0 Å². The molecular formula is C17H18ClFN2O2. The van der Waals surface area contributed by atoms with Crippen molar-refractivity contribution in [2.45, 2.75) is 13.8 Å². The number of carbonyl (C=O) groups is 1. The Morgan fingerprint density at radius 2 is 1.91 bits per heavy atom. The maximum atomic E-state index is 13.0. The van der Waals surface area contributed by atoms with Gasteiger partial charge in [0.15, 0.2) is 0 Å². The second kappa shape index (κ2) is 7.83. The number of hydrogen-bond acceptors (Lipinski definition) is 2. The zero-order chi connectivity index (χ0) is 16.8. The van der Waals surface area contributed by atoms with Crippen molar-refractivity contribution in [1.82, 2.24) is 5.32 Å². The van der Waals surface area contributed by atoms with Gasteiger partial charge >= 0.3 is 6.03 Å². The Morgan fingerprint density at radius 1 is 1.22 bits per heavy atom. The van der Waals surface area contributed by atoms with Crippen molar-refractivity contribution < 1.29 is 13.9 Å². The third-order valence-electron chi connectivity index (χ3n) is 3.22. The molecule has 0 aliphatic heterocycles. The zero-order valence-electron chi connectivity index (χ0n) is 13.0. The van der Waals surface area contributed by atoms with Crippen LogP contribution in [0.1, 0.15) is 11.1 Å². The SMILES string of the molecule is Cc1cccc(C)c1OCCNC(=O)Nc1ccc(F)c(Cl)c1. The Kier molecular flexibility index (Phi) is 5.82. The van der Waals surface area contributed by atoms with Crippen LogP contribution < -0.4 is 15.4 Å². The summed E-state index contributed by atoms with van der Waals surface area (Å²) >= 11 is 5.65. The van der Waals surface area contributed by atoms with Gasteiger partial charge in [0.25, 0.3) is 0 Å². The minimum atomic E-state index is -0.528. The number of nitrogens with one attached hydrogen (secondary N) is 2. The fourth-order valence-electron chi connectivity index (χ4n) is 2.09. The normalized spacial score (nSPS) is 10.3. The van der Waals surface area contributed by atoms with E-state index in [-0.39, 0.29) is 5.02 Å². The lowest BCUT2D eigenvalue weighted by atomic mass is 10.1. The predicted octanol–water partition coefficient (Wildman–Crippen LogP) is 4.30. The molecule has 0 spiro atoms. The van der Waals surface area contributed by atoms with Gasteiger partial charge in [-0.25, -0.2) is 9.18 Å². The first-order valence-electron chi connectivity index (χ1n) is 7.16. The number of urea groups is 1. The summed E-state index contributed by atoms with van der Waals surface area (Å²) < 4.78 is 18.7. The summed E-state index contributed by atoms with van der Waals surface area (Å²) in [5.41, 5.74) is 2.52. The molecule has 0 saturated heterocycles. The van der Waals surface area contributed by atoms with E-state index in [0.29, 0.717) is 18.8 Å². The molecule has 0 aromatic heterocycles. The number of ether oxygens (including phenoxy) is 1. The number of para-hydroxylation sites is 1. The molecule has 0 bridgehead atoms. The van der Waals surface area contributed by atoms with E-state index in [9.17, 15) is 9.18 Å². The molecule has 2 N–H and O–H groups in total. The van der Waals surface area contributed by atoms with Gasteiger partial charge in [-0.2, -0.15) is 0 Å². The average molecular weight is 337 g/mol. The maximum Gasteiger partial charge on any atom is 0.319 e. The molecule has 122 valence electrons. The van der Waals surface area contributed by atoms with E-state index in [0.717, 1.165) is 16.9 Å². The molecule has 0 aliphatic carbocycles. The third-order valence-corrected chi connectivity index (χ3v) is 3.51. The summed E-state index contributed by atoms with van der Waals surface area (Å²) in [5.74, 6) is 0.305. The highest BCUT2D eigenvalue weighted by atomic mass is 35.5. The van der Waals surface area contributed by atoms with Gasteiger partial charge in [-0.15, -0.1) is 0 Å². The minimum absolute atomic E-state index is 0.0406. The Bertz CT molecular complexity index is 687. The summed E-state index contributed by atoms with van der Waals surface area (Å²) in [6.45, 7) is 4.64. The van der Waals surface area contributed by atoms with Crippen LogP contribution in [-0.2, 0) is 0 Å². The molecule has 0 unspecified atom stereocenters. The number of benzene rings is 2. The van der Waals surface area contributed by atoms with E-state index < -0.39 is 11.8 Å². The number of carbonyl (C=O) groups excluding carboxylic acids is 1. The molecule has 23 heavy (non-hydrogen) atoms. The van der Waals surface area contributed by atoms with Gasteiger partial charge in [-0.05, 0) is 43.2 Å². The van der Waals surface area contributed by atoms with E-state index in [4.69, 9.17) is 16.3 Å². The first-order chi connectivity index (χ1) is 11.0. The molecule has 0 radical (unpaired) electrons. The molecule has 0 heterocycles. The van der Waals surface area contributed by atoms with Crippen LogP contribution >= 0.6 is 11.6 Å². The van der Waals surface area contributed by atoms with Crippen molar-refractivity contribution in [2.24, 2.45) is 0 Å². The Morgan fingerprint density at radius 3 is 2.57 bits per heavy atom. The molecule has 0 fully saturated rings. The van der Waals surface area contributed by atoms with Gasteiger partial charge in [-0.3, -0.25) is 0 Å². The number of hydrogen-bond donors (Lipinski definition) is 2. The summed E-state index contributed by atoms with van der Waals surface area (Å²) in [4.78, 5) is 11.7. The summed E-state index contributed by atoms with van der Waals surface area (Å²) in [5, 5.41) is 5.20. The van der Waals surface area contributed by atoms with E-state index in [1.54, 1.807) is 0 Å². The number of amides is 2. The van der Waals surface area contributed by atoms with Crippen LogP contribution in [0.3, 0.4) is 0 Å². The molecule has 2 amide bonds. The lowest BCUT2D eigenvalue weighted by Crippen LogP contribution is -2.32. The molecule has 2 aromatic rings. The van der Waals surface area contributed by atoms with Crippen LogP contribution in [0, 0.1) is 19.7 Å². The average Bonchev–Trinajstić information content (AvgIpc) is 2.50. The minimum Gasteiger partial charge on any atom is -0.491 e. The standard InChI is InChI=1S/C17H18ClFN2O2/c1-11-4-3-5-12(2)16(11)23-9-8-20-17(22)21-13-6-7-15(19)14(18)10-13/h3-7,10H,8-9H2,1-2H3,(H2,20,21,22). The largest absolute Gasteiger partial charge is 0.491 e. The molecule has 0 saturated carbocycles. The van der Waals surface area contributed by atoms with Crippen molar-refractivity contribution in [3.63, 3.8) is 0 Å². The van der Waals surface area contributed by atoms with Gasteiger partial charge in [0.05, 0.1) is 11.6 Å². The van der Waals surface area contributed by atoms with Crippen LogP contribution in [0.25, 0.3) is 0 Å². The monoisotopic (exact) mass is 336 g/mol. The predicted molar refractivity (Wildman–Crippen MR) is 89.8 cm³/mol. The lowest BCUT2D eigenvalue weighted by molar-refractivity contribution is 0.247. The first-order valence-corrected chi connectivity index (χ1v) is 7.54.